The minimum atomic E-state index is 0.621. The van der Waals surface area contributed by atoms with Gasteiger partial charge in [0.05, 0.1) is 7.11 Å². The van der Waals surface area contributed by atoms with E-state index in [9.17, 15) is 0 Å². The van der Waals surface area contributed by atoms with Crippen molar-refractivity contribution in [1.82, 2.24) is 5.32 Å². The lowest BCUT2D eigenvalue weighted by atomic mass is 10.1. The lowest BCUT2D eigenvalue weighted by Gasteiger charge is -2.14. The molecule has 0 heterocycles. The molecule has 84 valence electrons. The zero-order valence-corrected chi connectivity index (χ0v) is 9.92. The summed E-state index contributed by atoms with van der Waals surface area (Å²) < 4.78 is 5.19. The molecule has 2 heteroatoms. The van der Waals surface area contributed by atoms with Crippen LogP contribution in [-0.4, -0.2) is 13.2 Å². The third-order valence-electron chi connectivity index (χ3n) is 2.71. The molecule has 0 aromatic heterocycles. The molecule has 0 aliphatic carbocycles. The van der Waals surface area contributed by atoms with Crippen LogP contribution in [0.4, 0.5) is 0 Å². The number of methoxy groups -OCH3 is 1. The molecule has 0 radical (unpaired) electrons. The third kappa shape index (κ3) is 3.92. The topological polar surface area (TPSA) is 21.3 Å². The Morgan fingerprint density at radius 3 is 2.60 bits per heavy atom. The summed E-state index contributed by atoms with van der Waals surface area (Å²) in [7, 11) is 1.70. The van der Waals surface area contributed by atoms with Crippen LogP contribution >= 0.6 is 0 Å². The first-order chi connectivity index (χ1) is 7.30. The fraction of sp³-hybridized carbons (Fsp3) is 0.538. The van der Waals surface area contributed by atoms with Gasteiger partial charge < -0.3 is 10.1 Å². The van der Waals surface area contributed by atoms with Crippen molar-refractivity contribution in [2.24, 2.45) is 0 Å². The van der Waals surface area contributed by atoms with Gasteiger partial charge in [0.15, 0.2) is 0 Å². The van der Waals surface area contributed by atoms with Crippen LogP contribution in [0.15, 0.2) is 24.3 Å². The van der Waals surface area contributed by atoms with Crippen molar-refractivity contribution in [3.05, 3.63) is 29.8 Å². The molecule has 0 saturated heterocycles. The van der Waals surface area contributed by atoms with E-state index in [1.807, 2.05) is 12.1 Å². The van der Waals surface area contributed by atoms with Crippen molar-refractivity contribution in [1.29, 1.82) is 0 Å². The van der Waals surface area contributed by atoms with E-state index in [4.69, 9.17) is 4.74 Å². The first kappa shape index (κ1) is 12.1. The number of ether oxygens (including phenoxy) is 1. The molecule has 1 aromatic carbocycles. The Labute approximate surface area is 92.6 Å². The Morgan fingerprint density at radius 1 is 1.27 bits per heavy atom. The van der Waals surface area contributed by atoms with Crippen molar-refractivity contribution in [3.63, 3.8) is 0 Å². The molecular weight excluding hydrogens is 186 g/mol. The largest absolute Gasteiger partial charge is 0.497 e. The van der Waals surface area contributed by atoms with Crippen LogP contribution in [0.3, 0.4) is 0 Å². The Hall–Kier alpha value is -1.02. The summed E-state index contributed by atoms with van der Waals surface area (Å²) in [6, 6.07) is 8.83. The predicted octanol–water partition coefficient (Wildman–Crippen LogP) is 2.97. The molecule has 0 saturated carbocycles. The van der Waals surface area contributed by atoms with Crippen molar-refractivity contribution in [3.8, 4) is 5.75 Å². The lowest BCUT2D eigenvalue weighted by Crippen LogP contribution is -2.26. The van der Waals surface area contributed by atoms with E-state index in [1.165, 1.54) is 18.4 Å². The molecule has 0 aliphatic heterocycles. The summed E-state index contributed by atoms with van der Waals surface area (Å²) in [5.41, 5.74) is 1.28. The summed E-state index contributed by atoms with van der Waals surface area (Å²) in [4.78, 5) is 0. The first-order valence-electron chi connectivity index (χ1n) is 5.66. The molecule has 0 unspecified atom stereocenters. The molecule has 0 atom stereocenters. The minimum absolute atomic E-state index is 0.621. The van der Waals surface area contributed by atoms with Crippen molar-refractivity contribution in [2.75, 3.05) is 7.11 Å². The number of hydrogen-bond donors (Lipinski definition) is 1. The monoisotopic (exact) mass is 207 g/mol. The van der Waals surface area contributed by atoms with Gasteiger partial charge in [0.2, 0.25) is 0 Å². The summed E-state index contributed by atoms with van der Waals surface area (Å²) in [6.45, 7) is 5.35. The van der Waals surface area contributed by atoms with Gasteiger partial charge in [-0.25, -0.2) is 0 Å². The van der Waals surface area contributed by atoms with E-state index >= 15 is 0 Å². The van der Waals surface area contributed by atoms with E-state index in [0.29, 0.717) is 6.04 Å². The number of hydrogen-bond acceptors (Lipinski definition) is 2. The highest BCUT2D eigenvalue weighted by atomic mass is 16.5. The van der Waals surface area contributed by atoms with Gasteiger partial charge in [-0.15, -0.1) is 0 Å². The zero-order valence-electron chi connectivity index (χ0n) is 9.92. The average molecular weight is 207 g/mol. The van der Waals surface area contributed by atoms with Gasteiger partial charge in [-0.05, 0) is 30.5 Å². The molecule has 0 fully saturated rings. The highest BCUT2D eigenvalue weighted by molar-refractivity contribution is 5.28. The number of benzene rings is 1. The molecule has 2 nitrogen and oxygen atoms in total. The maximum Gasteiger partial charge on any atom is 0.119 e. The Kier molecular flexibility index (Phi) is 5.19. The lowest BCUT2D eigenvalue weighted by molar-refractivity contribution is 0.413. The van der Waals surface area contributed by atoms with Gasteiger partial charge in [0.25, 0.3) is 0 Å². The molecule has 1 rings (SSSR count). The third-order valence-corrected chi connectivity index (χ3v) is 2.71. The maximum absolute atomic E-state index is 5.19. The Bertz CT molecular complexity index is 282. The van der Waals surface area contributed by atoms with Crippen LogP contribution in [0.5, 0.6) is 5.75 Å². The van der Waals surface area contributed by atoms with Crippen molar-refractivity contribution < 1.29 is 4.74 Å². The molecule has 1 aromatic rings. The first-order valence-corrected chi connectivity index (χ1v) is 5.66. The highest BCUT2D eigenvalue weighted by Crippen LogP contribution is 2.12. The van der Waals surface area contributed by atoms with Gasteiger partial charge in [-0.3, -0.25) is 0 Å². The summed E-state index contributed by atoms with van der Waals surface area (Å²) in [5, 5.41) is 3.53. The molecule has 0 spiro atoms. The Balaban J connectivity index is 2.49. The molecule has 0 bridgehead atoms. The van der Waals surface area contributed by atoms with E-state index in [-0.39, 0.29) is 0 Å². The molecule has 1 N–H and O–H groups in total. The van der Waals surface area contributed by atoms with E-state index in [0.717, 1.165) is 12.3 Å². The van der Waals surface area contributed by atoms with Crippen LogP contribution in [0.2, 0.25) is 0 Å². The predicted molar refractivity (Wildman–Crippen MR) is 64.2 cm³/mol. The van der Waals surface area contributed by atoms with Gasteiger partial charge in [-0.2, -0.15) is 0 Å². The van der Waals surface area contributed by atoms with Gasteiger partial charge in [0, 0.05) is 12.6 Å². The van der Waals surface area contributed by atoms with Crippen LogP contribution in [-0.2, 0) is 6.54 Å². The van der Waals surface area contributed by atoms with Crippen molar-refractivity contribution in [2.45, 2.75) is 39.3 Å². The van der Waals surface area contributed by atoms with Gasteiger partial charge >= 0.3 is 0 Å². The highest BCUT2D eigenvalue weighted by Gasteiger charge is 2.02. The van der Waals surface area contributed by atoms with Gasteiger partial charge in [-0.1, -0.05) is 26.0 Å². The maximum atomic E-state index is 5.19. The van der Waals surface area contributed by atoms with Gasteiger partial charge in [0.1, 0.15) is 5.75 Å². The summed E-state index contributed by atoms with van der Waals surface area (Å²) >= 11 is 0. The standard InChI is InChI=1S/C13H21NO/c1-4-12(5-2)14-10-11-7-6-8-13(9-11)15-3/h6-9,12,14H,4-5,10H2,1-3H3. The average Bonchev–Trinajstić information content (AvgIpc) is 2.31. The second kappa shape index (κ2) is 6.46. The van der Waals surface area contributed by atoms with E-state index in [2.05, 4.69) is 31.3 Å². The summed E-state index contributed by atoms with van der Waals surface area (Å²) in [6.07, 6.45) is 2.36. The smallest absolute Gasteiger partial charge is 0.119 e. The normalized spacial score (nSPS) is 10.7. The Morgan fingerprint density at radius 2 is 2.00 bits per heavy atom. The molecule has 0 amide bonds. The fourth-order valence-corrected chi connectivity index (χ4v) is 1.62. The van der Waals surface area contributed by atoms with E-state index < -0.39 is 0 Å². The summed E-state index contributed by atoms with van der Waals surface area (Å²) in [5.74, 6) is 0.929. The zero-order chi connectivity index (χ0) is 11.1. The van der Waals surface area contributed by atoms with Crippen LogP contribution in [0.25, 0.3) is 0 Å². The fourth-order valence-electron chi connectivity index (χ4n) is 1.62. The van der Waals surface area contributed by atoms with Crippen LogP contribution in [0.1, 0.15) is 32.3 Å². The molecule has 15 heavy (non-hydrogen) atoms. The minimum Gasteiger partial charge on any atom is -0.497 e. The van der Waals surface area contributed by atoms with Crippen molar-refractivity contribution >= 4 is 0 Å². The number of nitrogens with one attached hydrogen (secondary N) is 1. The second-order valence-corrected chi connectivity index (χ2v) is 3.75. The van der Waals surface area contributed by atoms with E-state index in [1.54, 1.807) is 7.11 Å². The van der Waals surface area contributed by atoms with Crippen LogP contribution in [0, 0.1) is 0 Å². The van der Waals surface area contributed by atoms with Crippen LogP contribution < -0.4 is 10.1 Å². The molecular formula is C13H21NO. The SMILES string of the molecule is CCC(CC)NCc1cccc(OC)c1. The molecule has 0 aliphatic rings. The quantitative estimate of drug-likeness (QED) is 0.774. The number of rotatable bonds is 6. The second-order valence-electron chi connectivity index (χ2n) is 3.75.